The fraction of sp³-hybridized carbons (Fsp3) is 0.333. The van der Waals surface area contributed by atoms with Crippen LogP contribution in [-0.4, -0.2) is 18.1 Å². The molecular formula is C36H47O3PSi2. The summed E-state index contributed by atoms with van der Waals surface area (Å²) < 4.78 is 27.9. The van der Waals surface area contributed by atoms with Crippen molar-refractivity contribution in [3.05, 3.63) is 115 Å². The third-order valence-corrected chi connectivity index (χ3v) is 17.6. The molecule has 0 saturated carbocycles. The van der Waals surface area contributed by atoms with E-state index in [4.69, 9.17) is 8.43 Å². The van der Waals surface area contributed by atoms with E-state index in [2.05, 4.69) is 132 Å². The maximum absolute atomic E-state index is 14.3. The predicted molar refractivity (Wildman–Crippen MR) is 187 cm³/mol. The van der Waals surface area contributed by atoms with E-state index >= 15 is 0 Å². The number of rotatable bonds is 8. The summed E-state index contributed by atoms with van der Waals surface area (Å²) >= 11 is 0. The molecule has 0 aromatic heterocycles. The number of hydrogen-bond acceptors (Lipinski definition) is 3. The predicted octanol–water partition coefficient (Wildman–Crippen LogP) is 6.19. The van der Waals surface area contributed by atoms with E-state index in [1.165, 1.54) is 87.5 Å². The summed E-state index contributed by atoms with van der Waals surface area (Å²) in [5, 5.41) is 4.84. The average molecular weight is 615 g/mol. The average Bonchev–Trinajstić information content (AvgIpc) is 2.81. The Bertz CT molecular complexity index is 1360. The van der Waals surface area contributed by atoms with Crippen LogP contribution in [0.3, 0.4) is 0 Å². The first-order valence-corrected chi connectivity index (χ1v) is 19.3. The van der Waals surface area contributed by atoms with E-state index in [0.29, 0.717) is 0 Å². The molecule has 4 aromatic carbocycles. The Kier molecular flexibility index (Phi) is 10.0. The molecule has 42 heavy (non-hydrogen) atoms. The van der Waals surface area contributed by atoms with Crippen molar-refractivity contribution < 1.29 is 13.0 Å². The second kappa shape index (κ2) is 13.0. The summed E-state index contributed by atoms with van der Waals surface area (Å²) in [7, 11) is -7.65. The van der Waals surface area contributed by atoms with E-state index in [9.17, 15) is 4.57 Å². The second-order valence-corrected chi connectivity index (χ2v) is 18.7. The highest BCUT2D eigenvalue weighted by Crippen LogP contribution is 2.29. The fourth-order valence-electron chi connectivity index (χ4n) is 7.16. The molecular weight excluding hydrogens is 568 g/mol. The normalized spacial score (nSPS) is 11.8. The minimum absolute atomic E-state index is 1.20. The van der Waals surface area contributed by atoms with Crippen molar-refractivity contribution in [1.29, 1.82) is 0 Å². The summed E-state index contributed by atoms with van der Waals surface area (Å²) in [6.07, 6.45) is 0. The topological polar surface area (TPSA) is 35.5 Å². The second-order valence-electron chi connectivity index (χ2n) is 12.5. The van der Waals surface area contributed by atoms with Gasteiger partial charge in [-0.2, -0.15) is 0 Å². The molecule has 0 atom stereocenters. The first-order valence-electron chi connectivity index (χ1n) is 14.9. The molecule has 3 nitrogen and oxygen atoms in total. The van der Waals surface area contributed by atoms with Gasteiger partial charge >= 0.3 is 8.25 Å². The van der Waals surface area contributed by atoms with Crippen LogP contribution in [-0.2, 0) is 13.0 Å². The first kappa shape index (κ1) is 32.4. The van der Waals surface area contributed by atoms with Crippen LogP contribution >= 0.6 is 8.25 Å². The Hall–Kier alpha value is -2.54. The lowest BCUT2D eigenvalue weighted by molar-refractivity contribution is 0.432. The molecule has 0 spiro atoms. The van der Waals surface area contributed by atoms with Crippen molar-refractivity contribution >= 4 is 47.1 Å². The molecule has 0 fully saturated rings. The molecule has 0 radical (unpaired) electrons. The van der Waals surface area contributed by atoms with Gasteiger partial charge in [0.05, 0.1) is 0 Å². The van der Waals surface area contributed by atoms with Gasteiger partial charge in [0.2, 0.25) is 0 Å². The van der Waals surface area contributed by atoms with Crippen LogP contribution in [0.2, 0.25) is 0 Å². The van der Waals surface area contributed by atoms with Crippen LogP contribution in [0.15, 0.2) is 48.5 Å². The van der Waals surface area contributed by atoms with Crippen LogP contribution in [0.5, 0.6) is 0 Å². The van der Waals surface area contributed by atoms with Gasteiger partial charge in [-0.05, 0) is 148 Å². The van der Waals surface area contributed by atoms with Gasteiger partial charge in [-0.15, -0.1) is 0 Å². The zero-order chi connectivity index (χ0) is 31.0. The number of aryl methyl sites for hydroxylation is 12. The van der Waals surface area contributed by atoms with Gasteiger partial charge in [0.1, 0.15) is 0 Å². The van der Waals surface area contributed by atoms with Crippen molar-refractivity contribution in [1.82, 2.24) is 0 Å². The van der Waals surface area contributed by atoms with Crippen molar-refractivity contribution in [3.8, 4) is 0 Å². The van der Waals surface area contributed by atoms with E-state index in [1.54, 1.807) is 0 Å². The maximum Gasteiger partial charge on any atom is 0.300 e. The Labute approximate surface area is 257 Å². The van der Waals surface area contributed by atoms with Gasteiger partial charge in [0.15, 0.2) is 0 Å². The Morgan fingerprint density at radius 1 is 0.381 bits per heavy atom. The van der Waals surface area contributed by atoms with Gasteiger partial charge in [0.25, 0.3) is 18.1 Å². The van der Waals surface area contributed by atoms with E-state index in [-0.39, 0.29) is 0 Å². The molecule has 0 bridgehead atoms. The monoisotopic (exact) mass is 614 g/mol. The van der Waals surface area contributed by atoms with Crippen LogP contribution in [0.1, 0.15) is 66.8 Å². The lowest BCUT2D eigenvalue weighted by Gasteiger charge is -2.28. The van der Waals surface area contributed by atoms with Gasteiger partial charge in [-0.3, -0.25) is 4.57 Å². The van der Waals surface area contributed by atoms with Crippen molar-refractivity contribution in [2.75, 3.05) is 0 Å². The van der Waals surface area contributed by atoms with E-state index in [0.717, 1.165) is 0 Å². The molecule has 0 amide bonds. The molecule has 4 aromatic rings. The summed E-state index contributed by atoms with van der Waals surface area (Å²) in [6.45, 7) is 25.8. The molecule has 6 heteroatoms. The van der Waals surface area contributed by atoms with Crippen LogP contribution in [0.4, 0.5) is 0 Å². The number of benzene rings is 4. The van der Waals surface area contributed by atoms with Crippen LogP contribution in [0.25, 0.3) is 0 Å². The van der Waals surface area contributed by atoms with Crippen LogP contribution < -0.4 is 20.7 Å². The van der Waals surface area contributed by atoms with Crippen molar-refractivity contribution in [3.63, 3.8) is 0 Å². The summed E-state index contributed by atoms with van der Waals surface area (Å²) in [4.78, 5) is 0. The Balaban J connectivity index is 1.86. The molecule has 0 saturated heterocycles. The highest BCUT2D eigenvalue weighted by atomic mass is 31.1. The lowest BCUT2D eigenvalue weighted by atomic mass is 10.1. The summed E-state index contributed by atoms with van der Waals surface area (Å²) in [5.74, 6) is 0. The van der Waals surface area contributed by atoms with Gasteiger partial charge < -0.3 is 8.43 Å². The zero-order valence-electron chi connectivity index (χ0n) is 27.5. The van der Waals surface area contributed by atoms with Crippen LogP contribution in [0, 0.1) is 83.1 Å². The maximum atomic E-state index is 14.3. The number of hydrogen-bond donors (Lipinski definition) is 0. The highest BCUT2D eigenvalue weighted by Gasteiger charge is 2.32. The first-order chi connectivity index (χ1) is 19.7. The molecule has 4 rings (SSSR count). The van der Waals surface area contributed by atoms with Gasteiger partial charge in [-0.25, -0.2) is 0 Å². The summed E-state index contributed by atoms with van der Waals surface area (Å²) in [6, 6.07) is 17.8. The minimum Gasteiger partial charge on any atom is -0.346 e. The summed E-state index contributed by atoms with van der Waals surface area (Å²) in [5.41, 5.74) is 14.5. The molecule has 0 heterocycles. The van der Waals surface area contributed by atoms with Gasteiger partial charge in [-0.1, -0.05) is 70.8 Å². The largest absolute Gasteiger partial charge is 0.346 e. The zero-order valence-corrected chi connectivity index (χ0v) is 30.8. The molecule has 222 valence electrons. The standard InChI is InChI=1S/C36H47O3PSi2/c1-21-13-25(5)33(26(6)14-21)41(34-27(7)15-22(2)16-28(34)8)38-40(37)39-42(35-29(9)17-23(3)18-30(35)10)36-31(11)19-24(4)20-32(36)12/h13-20,40-42H,1-12H3. The molecule has 0 aliphatic rings. The van der Waals surface area contributed by atoms with Gasteiger partial charge in [0, 0.05) is 0 Å². The Morgan fingerprint density at radius 3 is 0.714 bits per heavy atom. The third kappa shape index (κ3) is 6.82. The minimum atomic E-state index is -2.87. The molecule has 0 aliphatic heterocycles. The molecule has 0 unspecified atom stereocenters. The quantitative estimate of drug-likeness (QED) is 0.176. The highest BCUT2D eigenvalue weighted by molar-refractivity contribution is 7.38. The SMILES string of the molecule is Cc1cc(C)c([SiH](O[PH](=O)O[SiH](c2c(C)cc(C)cc2C)c2c(C)cc(C)cc2C)c2c(C)cc(C)cc2C)c(C)c1. The Morgan fingerprint density at radius 2 is 0.548 bits per heavy atom. The third-order valence-electron chi connectivity index (χ3n) is 8.43. The van der Waals surface area contributed by atoms with Crippen molar-refractivity contribution in [2.45, 2.75) is 83.1 Å². The smallest absolute Gasteiger partial charge is 0.300 e. The fourth-order valence-corrected chi connectivity index (χ4v) is 15.9. The van der Waals surface area contributed by atoms with E-state index in [1.807, 2.05) is 0 Å². The molecule has 0 N–H and O–H groups in total. The molecule has 0 aliphatic carbocycles. The lowest BCUT2D eigenvalue weighted by Crippen LogP contribution is -2.50. The van der Waals surface area contributed by atoms with Crippen molar-refractivity contribution in [2.24, 2.45) is 0 Å². The van der Waals surface area contributed by atoms with E-state index < -0.39 is 26.3 Å².